The molecule has 2 unspecified atom stereocenters. The number of aromatic nitrogens is 3. The Morgan fingerprint density at radius 2 is 2.17 bits per heavy atom. The lowest BCUT2D eigenvalue weighted by Gasteiger charge is -2.29. The van der Waals surface area contributed by atoms with E-state index in [1.165, 1.54) is 11.8 Å². The van der Waals surface area contributed by atoms with Crippen molar-refractivity contribution in [2.45, 2.75) is 55.5 Å². The zero-order chi connectivity index (χ0) is 16.6. The molecule has 2 atom stereocenters. The highest BCUT2D eigenvalue weighted by Crippen LogP contribution is 2.38. The number of carbonyl (C=O) groups excluding carboxylic acids is 1. The predicted octanol–water partition coefficient (Wildman–Crippen LogP) is 1.20. The van der Waals surface area contributed by atoms with Crippen molar-refractivity contribution in [1.29, 1.82) is 0 Å². The van der Waals surface area contributed by atoms with E-state index < -0.39 is 9.84 Å². The molecule has 1 N–H and O–H groups in total. The van der Waals surface area contributed by atoms with Gasteiger partial charge in [0.1, 0.15) is 5.82 Å². The fourth-order valence-corrected chi connectivity index (χ4v) is 5.44. The summed E-state index contributed by atoms with van der Waals surface area (Å²) in [7, 11) is -3.00. The minimum atomic E-state index is -3.00. The van der Waals surface area contributed by atoms with Gasteiger partial charge in [-0.15, -0.1) is 5.10 Å². The smallest absolute Gasteiger partial charge is 0.236 e. The lowest BCUT2D eigenvalue weighted by molar-refractivity contribution is -0.131. The molecule has 1 aromatic rings. The zero-order valence-electron chi connectivity index (χ0n) is 13.4. The van der Waals surface area contributed by atoms with Gasteiger partial charge in [-0.3, -0.25) is 9.89 Å². The Bertz CT molecular complexity index is 684. The first-order chi connectivity index (χ1) is 10.9. The molecule has 0 radical (unpaired) electrons. The van der Waals surface area contributed by atoms with Gasteiger partial charge < -0.3 is 4.90 Å². The van der Waals surface area contributed by atoms with Crippen molar-refractivity contribution >= 4 is 27.5 Å². The number of hydrogen-bond acceptors (Lipinski definition) is 6. The van der Waals surface area contributed by atoms with Gasteiger partial charge >= 0.3 is 0 Å². The van der Waals surface area contributed by atoms with Gasteiger partial charge in [-0.05, 0) is 33.1 Å². The van der Waals surface area contributed by atoms with Crippen molar-refractivity contribution in [2.24, 2.45) is 0 Å². The van der Waals surface area contributed by atoms with Crippen LogP contribution in [0.15, 0.2) is 5.16 Å². The maximum absolute atomic E-state index is 12.7. The average molecular weight is 358 g/mol. The second-order valence-electron chi connectivity index (χ2n) is 6.22. The van der Waals surface area contributed by atoms with Gasteiger partial charge in [-0.25, -0.2) is 13.4 Å². The van der Waals surface area contributed by atoms with E-state index in [0.29, 0.717) is 24.0 Å². The number of H-pyrrole nitrogens is 1. The maximum atomic E-state index is 12.7. The van der Waals surface area contributed by atoms with Gasteiger partial charge in [-0.2, -0.15) is 0 Å². The number of amides is 1. The number of rotatable bonds is 6. The molecule has 9 heteroatoms. The summed E-state index contributed by atoms with van der Waals surface area (Å²) in [4.78, 5) is 18.8. The molecule has 1 aliphatic heterocycles. The van der Waals surface area contributed by atoms with Crippen LogP contribution in [0.5, 0.6) is 0 Å². The van der Waals surface area contributed by atoms with Crippen LogP contribution in [0.3, 0.4) is 0 Å². The van der Waals surface area contributed by atoms with Crippen LogP contribution >= 0.6 is 11.8 Å². The largest absolute Gasteiger partial charge is 0.338 e. The van der Waals surface area contributed by atoms with Crippen molar-refractivity contribution in [3.05, 3.63) is 5.82 Å². The summed E-state index contributed by atoms with van der Waals surface area (Å²) in [6.07, 6.45) is 2.83. The van der Waals surface area contributed by atoms with Gasteiger partial charge in [0.2, 0.25) is 11.1 Å². The second-order valence-corrected chi connectivity index (χ2v) is 9.76. The minimum absolute atomic E-state index is 0.0441. The first-order valence-corrected chi connectivity index (χ1v) is 10.7. The Kier molecular flexibility index (Phi) is 4.68. The number of aromatic amines is 1. The molecule has 23 heavy (non-hydrogen) atoms. The van der Waals surface area contributed by atoms with Crippen LogP contribution in [-0.4, -0.2) is 63.7 Å². The van der Waals surface area contributed by atoms with Crippen molar-refractivity contribution in [1.82, 2.24) is 20.1 Å². The Hall–Kier alpha value is -1.09. The number of nitrogens with one attached hydrogen (secondary N) is 1. The summed E-state index contributed by atoms with van der Waals surface area (Å²) in [5, 5.41) is 7.35. The fraction of sp³-hybridized carbons (Fsp3) is 0.786. The standard InChI is InChI=1S/C14H22N4O3S2/c1-3-18(11-6-7-23(20,21)8-11)13(19)9(2)22-14-15-12(16-17-14)10-4-5-10/h9-11H,3-8H2,1-2H3,(H,15,16,17). The third kappa shape index (κ3) is 3.88. The van der Waals surface area contributed by atoms with Crippen LogP contribution in [0.1, 0.15) is 44.9 Å². The van der Waals surface area contributed by atoms with E-state index in [1.807, 2.05) is 13.8 Å². The van der Waals surface area contributed by atoms with Gasteiger partial charge in [0.15, 0.2) is 9.84 Å². The van der Waals surface area contributed by atoms with E-state index >= 15 is 0 Å². The molecular weight excluding hydrogens is 336 g/mol. The SMILES string of the molecule is CCN(C(=O)C(C)Sc1n[nH]c(C2CC2)n1)C1CCS(=O)(=O)C1. The molecular formula is C14H22N4O3S2. The summed E-state index contributed by atoms with van der Waals surface area (Å²) in [6, 6.07) is -0.199. The molecule has 1 saturated carbocycles. The maximum Gasteiger partial charge on any atom is 0.236 e. The summed E-state index contributed by atoms with van der Waals surface area (Å²) < 4.78 is 23.3. The average Bonchev–Trinajstić information content (AvgIpc) is 3.15. The lowest BCUT2D eigenvalue weighted by atomic mass is 10.2. The van der Waals surface area contributed by atoms with E-state index in [1.54, 1.807) is 4.90 Å². The first-order valence-electron chi connectivity index (χ1n) is 7.99. The fourth-order valence-electron chi connectivity index (χ4n) is 2.91. The Balaban J connectivity index is 1.62. The molecule has 0 spiro atoms. The molecule has 2 aliphatic rings. The number of hydrogen-bond donors (Lipinski definition) is 1. The molecule has 7 nitrogen and oxygen atoms in total. The van der Waals surface area contributed by atoms with Gasteiger partial charge in [0.05, 0.1) is 16.8 Å². The molecule has 1 aromatic heterocycles. The molecule has 2 heterocycles. The van der Waals surface area contributed by atoms with Gasteiger partial charge in [0, 0.05) is 18.5 Å². The summed E-state index contributed by atoms with van der Waals surface area (Å²) >= 11 is 1.33. The van der Waals surface area contributed by atoms with E-state index in [2.05, 4.69) is 15.2 Å². The van der Waals surface area contributed by atoms with Crippen molar-refractivity contribution in [3.63, 3.8) is 0 Å². The van der Waals surface area contributed by atoms with Crippen LogP contribution in [0.2, 0.25) is 0 Å². The highest BCUT2D eigenvalue weighted by Gasteiger charge is 2.36. The van der Waals surface area contributed by atoms with Crippen LogP contribution in [0.25, 0.3) is 0 Å². The Labute approximate surface area is 140 Å². The number of sulfone groups is 1. The topological polar surface area (TPSA) is 96.0 Å². The molecule has 2 fully saturated rings. The quantitative estimate of drug-likeness (QED) is 0.768. The Morgan fingerprint density at radius 3 is 2.74 bits per heavy atom. The first kappa shape index (κ1) is 16.8. The van der Waals surface area contributed by atoms with Gasteiger partial charge in [-0.1, -0.05) is 11.8 Å². The van der Waals surface area contributed by atoms with Crippen molar-refractivity contribution in [2.75, 3.05) is 18.1 Å². The van der Waals surface area contributed by atoms with Crippen LogP contribution in [0.4, 0.5) is 0 Å². The third-order valence-electron chi connectivity index (χ3n) is 4.35. The van der Waals surface area contributed by atoms with E-state index in [-0.39, 0.29) is 28.7 Å². The normalized spacial score (nSPS) is 24.5. The predicted molar refractivity (Wildman–Crippen MR) is 88.1 cm³/mol. The highest BCUT2D eigenvalue weighted by molar-refractivity contribution is 8.00. The molecule has 1 saturated heterocycles. The molecule has 3 rings (SSSR count). The Morgan fingerprint density at radius 1 is 1.43 bits per heavy atom. The second kappa shape index (κ2) is 6.43. The number of thioether (sulfide) groups is 1. The third-order valence-corrected chi connectivity index (χ3v) is 7.05. The molecule has 0 aromatic carbocycles. The zero-order valence-corrected chi connectivity index (χ0v) is 15.0. The van der Waals surface area contributed by atoms with Crippen LogP contribution in [-0.2, 0) is 14.6 Å². The summed E-state index contributed by atoms with van der Waals surface area (Å²) in [5.74, 6) is 1.61. The summed E-state index contributed by atoms with van der Waals surface area (Å²) in [5.41, 5.74) is 0. The van der Waals surface area contributed by atoms with E-state index in [9.17, 15) is 13.2 Å². The highest BCUT2D eigenvalue weighted by atomic mass is 32.2. The van der Waals surface area contributed by atoms with Crippen molar-refractivity contribution in [3.8, 4) is 0 Å². The lowest BCUT2D eigenvalue weighted by Crippen LogP contribution is -2.44. The molecule has 128 valence electrons. The monoisotopic (exact) mass is 358 g/mol. The number of carbonyl (C=O) groups is 1. The molecule has 1 amide bonds. The van der Waals surface area contributed by atoms with E-state index in [4.69, 9.17) is 0 Å². The molecule has 1 aliphatic carbocycles. The van der Waals surface area contributed by atoms with E-state index in [0.717, 1.165) is 18.7 Å². The minimum Gasteiger partial charge on any atom is -0.338 e. The number of nitrogens with zero attached hydrogens (tertiary/aromatic N) is 3. The summed E-state index contributed by atoms with van der Waals surface area (Å²) in [6.45, 7) is 4.23. The van der Waals surface area contributed by atoms with Crippen LogP contribution < -0.4 is 0 Å². The van der Waals surface area contributed by atoms with Gasteiger partial charge in [0.25, 0.3) is 0 Å². The molecule has 0 bridgehead atoms. The van der Waals surface area contributed by atoms with Crippen molar-refractivity contribution < 1.29 is 13.2 Å². The van der Waals surface area contributed by atoms with Crippen LogP contribution in [0, 0.1) is 0 Å².